The fourth-order valence-corrected chi connectivity index (χ4v) is 3.11. The first-order valence-electron chi connectivity index (χ1n) is 4.60. The van der Waals surface area contributed by atoms with Crippen LogP contribution in [0.4, 0.5) is 0 Å². The lowest BCUT2D eigenvalue weighted by Gasteiger charge is -2.25. The van der Waals surface area contributed by atoms with Gasteiger partial charge in [-0.15, -0.1) is 0 Å². The van der Waals surface area contributed by atoms with E-state index in [2.05, 4.69) is 44.0 Å². The van der Waals surface area contributed by atoms with Crippen molar-refractivity contribution in [2.45, 2.75) is 25.0 Å². The summed E-state index contributed by atoms with van der Waals surface area (Å²) in [6.07, 6.45) is 6.55. The van der Waals surface area contributed by atoms with Crippen LogP contribution in [0.3, 0.4) is 0 Å². The van der Waals surface area contributed by atoms with Crippen LogP contribution in [0.2, 0.25) is 0 Å². The van der Waals surface area contributed by atoms with Gasteiger partial charge in [0.1, 0.15) is 5.16 Å². The first kappa shape index (κ1) is 9.03. The Morgan fingerprint density at radius 2 is 2.36 bits per heavy atom. The molecule has 0 bridgehead atoms. The minimum Gasteiger partial charge on any atom is -0.348 e. The lowest BCUT2D eigenvalue weighted by Crippen LogP contribution is -2.33. The lowest BCUT2D eigenvalue weighted by atomic mass is 10.2. The monoisotopic (exact) mass is 321 g/mol. The summed E-state index contributed by atoms with van der Waals surface area (Å²) in [6, 6.07) is 0.682. The highest BCUT2D eigenvalue weighted by Gasteiger charge is 2.40. The van der Waals surface area contributed by atoms with Gasteiger partial charge in [-0.1, -0.05) is 11.6 Å². The van der Waals surface area contributed by atoms with Gasteiger partial charge in [0.05, 0.1) is 6.34 Å². The molecule has 1 fully saturated rings. The summed E-state index contributed by atoms with van der Waals surface area (Å²) < 4.78 is 1.20. The topological polar surface area (TPSA) is 27.6 Å². The van der Waals surface area contributed by atoms with Crippen LogP contribution in [0, 0.1) is 0 Å². The summed E-state index contributed by atoms with van der Waals surface area (Å²) in [5.41, 5.74) is 1.13. The van der Waals surface area contributed by atoms with Crippen LogP contribution >= 0.6 is 34.2 Å². The van der Waals surface area contributed by atoms with Crippen molar-refractivity contribution in [2.75, 3.05) is 0 Å². The zero-order valence-corrected chi connectivity index (χ0v) is 10.3. The summed E-state index contributed by atoms with van der Waals surface area (Å²) in [6.45, 7) is 0. The van der Waals surface area contributed by atoms with E-state index in [1.165, 1.54) is 16.4 Å². The van der Waals surface area contributed by atoms with E-state index in [1.54, 1.807) is 6.34 Å². The van der Waals surface area contributed by atoms with Crippen LogP contribution < -0.4 is 5.32 Å². The molecule has 1 atom stereocenters. The van der Waals surface area contributed by atoms with Crippen LogP contribution in [0.15, 0.2) is 25.5 Å². The Labute approximate surface area is 101 Å². The molecule has 0 amide bonds. The van der Waals surface area contributed by atoms with Gasteiger partial charge in [-0.3, -0.25) is 0 Å². The number of fused-ring (bicyclic) bond motifs is 1. The smallest absolute Gasteiger partial charge is 0.152 e. The largest absolute Gasteiger partial charge is 0.348 e. The zero-order valence-electron chi connectivity index (χ0n) is 7.37. The molecule has 0 unspecified atom stereocenters. The number of halogens is 2. The third kappa shape index (κ3) is 1.27. The number of aliphatic imine (C=N–C) groups is 1. The maximum absolute atomic E-state index is 6.11. The van der Waals surface area contributed by atoms with Crippen LogP contribution in [0.25, 0.3) is 0 Å². The molecule has 0 radical (unpaired) electrons. The third-order valence-corrected chi connectivity index (χ3v) is 3.84. The van der Waals surface area contributed by atoms with Crippen molar-refractivity contribution in [1.29, 1.82) is 0 Å². The molecule has 5 heteroatoms. The summed E-state index contributed by atoms with van der Waals surface area (Å²) >= 11 is 8.43. The first-order valence-corrected chi connectivity index (χ1v) is 6.06. The molecule has 3 aliphatic rings. The molecule has 14 heavy (non-hydrogen) atoms. The van der Waals surface area contributed by atoms with Crippen LogP contribution in [-0.2, 0) is 0 Å². The van der Waals surface area contributed by atoms with Crippen LogP contribution in [0.5, 0.6) is 0 Å². The molecule has 2 heterocycles. The zero-order chi connectivity index (χ0) is 9.71. The number of hydrogen-bond acceptors (Lipinski definition) is 3. The Hall–Kier alpha value is -0.230. The summed E-state index contributed by atoms with van der Waals surface area (Å²) in [7, 11) is 0. The molecule has 0 spiro atoms. The van der Waals surface area contributed by atoms with Crippen molar-refractivity contribution < 1.29 is 0 Å². The predicted molar refractivity (Wildman–Crippen MR) is 65.3 cm³/mol. The van der Waals surface area contributed by atoms with E-state index in [0.717, 1.165) is 5.57 Å². The van der Waals surface area contributed by atoms with E-state index < -0.39 is 0 Å². The van der Waals surface area contributed by atoms with Crippen molar-refractivity contribution in [3.63, 3.8) is 0 Å². The average Bonchev–Trinajstić information content (AvgIpc) is 2.93. The first-order chi connectivity index (χ1) is 6.77. The van der Waals surface area contributed by atoms with Crippen molar-refractivity contribution in [3.05, 3.63) is 20.5 Å². The highest BCUT2D eigenvalue weighted by Crippen LogP contribution is 2.42. The minimum absolute atomic E-state index is 0.128. The molecule has 2 aliphatic heterocycles. The fraction of sp³-hybridized carbons (Fsp3) is 0.444. The summed E-state index contributed by atoms with van der Waals surface area (Å²) in [5.74, 6) is 0. The summed E-state index contributed by atoms with van der Waals surface area (Å²) in [4.78, 5) is 6.74. The van der Waals surface area contributed by atoms with E-state index in [-0.39, 0.29) is 6.17 Å². The average molecular weight is 322 g/mol. The third-order valence-electron chi connectivity index (χ3n) is 2.67. The molecule has 0 aromatic rings. The highest BCUT2D eigenvalue weighted by molar-refractivity contribution is 14.1. The van der Waals surface area contributed by atoms with E-state index in [9.17, 15) is 0 Å². The minimum atomic E-state index is 0.128. The molecule has 1 saturated carbocycles. The van der Waals surface area contributed by atoms with Gasteiger partial charge >= 0.3 is 0 Å². The SMILES string of the molecule is ClC1=C2C(I)=CN(C3CC3)[C@@H]2N=CN1. The van der Waals surface area contributed by atoms with Gasteiger partial charge in [0.2, 0.25) is 0 Å². The molecule has 74 valence electrons. The lowest BCUT2D eigenvalue weighted by molar-refractivity contribution is 0.323. The molecule has 0 aromatic carbocycles. The number of rotatable bonds is 1. The molecular weight excluding hydrogens is 312 g/mol. The van der Waals surface area contributed by atoms with Crippen LogP contribution in [-0.4, -0.2) is 23.4 Å². The summed E-state index contributed by atoms with van der Waals surface area (Å²) in [5, 5.41) is 3.66. The van der Waals surface area contributed by atoms with Crippen molar-refractivity contribution >= 4 is 40.5 Å². The van der Waals surface area contributed by atoms with E-state index in [4.69, 9.17) is 11.6 Å². The van der Waals surface area contributed by atoms with Gasteiger partial charge in [-0.2, -0.15) is 0 Å². The Morgan fingerprint density at radius 3 is 3.07 bits per heavy atom. The number of nitrogens with zero attached hydrogens (tertiary/aromatic N) is 2. The molecule has 1 N–H and O–H groups in total. The second-order valence-electron chi connectivity index (χ2n) is 3.68. The van der Waals surface area contributed by atoms with Gasteiger partial charge in [0, 0.05) is 21.4 Å². The van der Waals surface area contributed by atoms with Gasteiger partial charge in [0.25, 0.3) is 0 Å². The van der Waals surface area contributed by atoms with E-state index in [0.29, 0.717) is 11.2 Å². The second kappa shape index (κ2) is 3.13. The Morgan fingerprint density at radius 1 is 1.57 bits per heavy atom. The van der Waals surface area contributed by atoms with Crippen LogP contribution in [0.1, 0.15) is 12.8 Å². The van der Waals surface area contributed by atoms with E-state index in [1.807, 2.05) is 0 Å². The van der Waals surface area contributed by atoms with Crippen molar-refractivity contribution in [3.8, 4) is 0 Å². The molecule has 0 aromatic heterocycles. The number of nitrogens with one attached hydrogen (secondary N) is 1. The van der Waals surface area contributed by atoms with E-state index >= 15 is 0 Å². The molecule has 1 aliphatic carbocycles. The number of hydrogen-bond donors (Lipinski definition) is 1. The Balaban J connectivity index is 2.00. The molecular formula is C9H9ClIN3. The van der Waals surface area contributed by atoms with Gasteiger partial charge in [0.15, 0.2) is 6.17 Å². The Bertz CT molecular complexity index is 370. The quantitative estimate of drug-likeness (QED) is 0.592. The Kier molecular flexibility index (Phi) is 2.02. The van der Waals surface area contributed by atoms with Crippen molar-refractivity contribution in [1.82, 2.24) is 10.2 Å². The van der Waals surface area contributed by atoms with Crippen molar-refractivity contribution in [2.24, 2.45) is 4.99 Å². The predicted octanol–water partition coefficient (Wildman–Crippen LogP) is 2.15. The molecule has 3 nitrogen and oxygen atoms in total. The fourth-order valence-electron chi connectivity index (χ4n) is 1.83. The van der Waals surface area contributed by atoms with Gasteiger partial charge < -0.3 is 10.2 Å². The van der Waals surface area contributed by atoms with Gasteiger partial charge in [-0.25, -0.2) is 4.99 Å². The highest BCUT2D eigenvalue weighted by atomic mass is 127. The normalized spacial score (nSPS) is 30.3. The maximum Gasteiger partial charge on any atom is 0.152 e. The second-order valence-corrected chi connectivity index (χ2v) is 5.22. The molecule has 3 rings (SSSR count). The van der Waals surface area contributed by atoms with Gasteiger partial charge in [-0.05, 0) is 35.4 Å². The maximum atomic E-state index is 6.11. The standard InChI is InChI=1S/C9H9ClIN3/c10-8-7-6(11)3-14(5-1-2-5)9(7)13-4-12-8/h3-5,9H,1-2H2,(H,12,13)/t9-/m0/s1. The molecule has 0 saturated heterocycles.